The highest BCUT2D eigenvalue weighted by molar-refractivity contribution is 5.91. The Balaban J connectivity index is 1.81. The van der Waals surface area contributed by atoms with Crippen LogP contribution in [0.5, 0.6) is 11.5 Å². The van der Waals surface area contributed by atoms with Gasteiger partial charge in [0.1, 0.15) is 23.1 Å². The summed E-state index contributed by atoms with van der Waals surface area (Å²) in [6.45, 7) is 2.82. The number of benzene rings is 1. The molecule has 1 amide bonds. The number of nitrogens with one attached hydrogen (secondary N) is 1. The van der Waals surface area contributed by atoms with E-state index in [9.17, 15) is 10.0 Å². The molecule has 0 radical (unpaired) electrons. The Morgan fingerprint density at radius 1 is 1.27 bits per heavy atom. The standard InChI is InChI=1S/C16H22N2O4/c1-21-12-3-4-13(15(9-12)22-2)16(19)18(20)14-10-17-7-5-11(14)6-8-17/h3-4,9,11,14,18H,5-8,10H2,1-2H3. The first-order chi connectivity index (χ1) is 10.6. The number of fused-ring (bicyclic) bond motifs is 3. The monoisotopic (exact) mass is 306 g/mol. The normalized spacial score (nSPS) is 28.2. The van der Waals surface area contributed by atoms with Crippen molar-refractivity contribution in [3.63, 3.8) is 0 Å². The van der Waals surface area contributed by atoms with Crippen molar-refractivity contribution in [1.29, 1.82) is 0 Å². The Hall–Kier alpha value is -1.63. The molecule has 3 fully saturated rings. The van der Waals surface area contributed by atoms with Crippen LogP contribution in [0.2, 0.25) is 0 Å². The summed E-state index contributed by atoms with van der Waals surface area (Å²) in [7, 11) is 3.04. The minimum Gasteiger partial charge on any atom is -0.626 e. The quantitative estimate of drug-likeness (QED) is 0.812. The predicted molar refractivity (Wildman–Crippen MR) is 81.2 cm³/mol. The molecule has 0 saturated carbocycles. The number of ether oxygens (including phenoxy) is 2. The van der Waals surface area contributed by atoms with Gasteiger partial charge in [0.2, 0.25) is 0 Å². The molecule has 1 N–H and O–H groups in total. The molecule has 0 spiro atoms. The fourth-order valence-corrected chi connectivity index (χ4v) is 3.55. The van der Waals surface area contributed by atoms with Crippen molar-refractivity contribution in [2.75, 3.05) is 33.9 Å². The summed E-state index contributed by atoms with van der Waals surface area (Å²) in [5.41, 5.74) is 0.324. The van der Waals surface area contributed by atoms with E-state index in [1.807, 2.05) is 0 Å². The third kappa shape index (κ3) is 2.69. The highest BCUT2D eigenvalue weighted by Crippen LogP contribution is 2.27. The van der Waals surface area contributed by atoms with Crippen LogP contribution in [-0.4, -0.2) is 50.7 Å². The maximum absolute atomic E-state index is 12.6. The van der Waals surface area contributed by atoms with Crippen LogP contribution < -0.4 is 14.5 Å². The van der Waals surface area contributed by atoms with Crippen LogP contribution in [-0.2, 0) is 0 Å². The van der Waals surface area contributed by atoms with Gasteiger partial charge in [-0.25, -0.2) is 4.79 Å². The van der Waals surface area contributed by atoms with Gasteiger partial charge in [-0.3, -0.25) is 4.90 Å². The third-order valence-electron chi connectivity index (χ3n) is 4.87. The zero-order chi connectivity index (χ0) is 15.7. The van der Waals surface area contributed by atoms with Gasteiger partial charge in [0.15, 0.2) is 0 Å². The molecular weight excluding hydrogens is 284 g/mol. The molecule has 0 aromatic heterocycles. The topological polar surface area (TPSA) is 66.3 Å². The van der Waals surface area contributed by atoms with Gasteiger partial charge in [-0.2, -0.15) is 0 Å². The first kappa shape index (κ1) is 15.3. The molecule has 3 aliphatic heterocycles. The number of rotatable bonds is 4. The van der Waals surface area contributed by atoms with Crippen LogP contribution in [0.3, 0.4) is 0 Å². The van der Waals surface area contributed by atoms with Crippen LogP contribution in [0.25, 0.3) is 0 Å². The molecule has 4 rings (SSSR count). The van der Waals surface area contributed by atoms with Crippen molar-refractivity contribution in [2.24, 2.45) is 5.92 Å². The average molecular weight is 306 g/mol. The summed E-state index contributed by atoms with van der Waals surface area (Å²) in [6, 6.07) is 4.76. The van der Waals surface area contributed by atoms with E-state index in [0.717, 1.165) is 25.9 Å². The molecule has 120 valence electrons. The Morgan fingerprint density at radius 3 is 2.55 bits per heavy atom. The molecule has 3 aliphatic rings. The summed E-state index contributed by atoms with van der Waals surface area (Å²) >= 11 is 0. The van der Waals surface area contributed by atoms with E-state index in [1.165, 1.54) is 7.11 Å². The average Bonchev–Trinajstić information content (AvgIpc) is 2.60. The van der Waals surface area contributed by atoms with Crippen LogP contribution in [0.4, 0.5) is 0 Å². The smallest absolute Gasteiger partial charge is 0.348 e. The molecule has 3 saturated heterocycles. The molecule has 6 heteroatoms. The highest BCUT2D eigenvalue weighted by atomic mass is 16.5. The minimum absolute atomic E-state index is 0.165. The molecule has 22 heavy (non-hydrogen) atoms. The van der Waals surface area contributed by atoms with Gasteiger partial charge in [-0.1, -0.05) is 0 Å². The van der Waals surface area contributed by atoms with Crippen molar-refractivity contribution >= 4 is 5.91 Å². The number of carbonyl (C=O) groups excluding carboxylic acids is 1. The number of nitrogens with zero attached hydrogens (tertiary/aromatic N) is 1. The molecule has 2 atom stereocenters. The predicted octanol–water partition coefficient (Wildman–Crippen LogP) is 0.321. The first-order valence-electron chi connectivity index (χ1n) is 7.67. The molecule has 3 heterocycles. The molecule has 1 aromatic rings. The van der Waals surface area contributed by atoms with Gasteiger partial charge in [-0.05, 0) is 38.1 Å². The van der Waals surface area contributed by atoms with Crippen molar-refractivity contribution < 1.29 is 19.3 Å². The van der Waals surface area contributed by atoms with E-state index in [2.05, 4.69) is 4.90 Å². The van der Waals surface area contributed by atoms with E-state index in [1.54, 1.807) is 25.3 Å². The van der Waals surface area contributed by atoms with Crippen LogP contribution in [0.1, 0.15) is 23.2 Å². The van der Waals surface area contributed by atoms with Crippen molar-refractivity contribution in [3.8, 4) is 11.5 Å². The molecule has 1 aromatic carbocycles. The number of hydroxylamine groups is 2. The number of quaternary nitrogens is 1. The number of hydrogen-bond acceptors (Lipinski definition) is 5. The van der Waals surface area contributed by atoms with Crippen molar-refractivity contribution in [1.82, 2.24) is 4.90 Å². The maximum Gasteiger partial charge on any atom is 0.348 e. The number of methoxy groups -OCH3 is 2. The number of hydrogen-bond donors (Lipinski definition) is 1. The summed E-state index contributed by atoms with van der Waals surface area (Å²) in [5.74, 6) is 0.895. The van der Waals surface area contributed by atoms with Gasteiger partial charge in [-0.15, -0.1) is 0 Å². The largest absolute Gasteiger partial charge is 0.626 e. The summed E-state index contributed by atoms with van der Waals surface area (Å²) < 4.78 is 10.4. The second kappa shape index (κ2) is 6.24. The van der Waals surface area contributed by atoms with Gasteiger partial charge < -0.3 is 19.7 Å². The lowest BCUT2D eigenvalue weighted by molar-refractivity contribution is -0.796. The zero-order valence-electron chi connectivity index (χ0n) is 13.0. The van der Waals surface area contributed by atoms with E-state index < -0.39 is 5.91 Å². The van der Waals surface area contributed by atoms with Gasteiger partial charge in [0.25, 0.3) is 0 Å². The fourth-order valence-electron chi connectivity index (χ4n) is 3.55. The van der Waals surface area contributed by atoms with E-state index in [-0.39, 0.29) is 11.1 Å². The number of amides is 1. The molecule has 2 unspecified atom stereocenters. The van der Waals surface area contributed by atoms with Gasteiger partial charge in [0, 0.05) is 12.0 Å². The third-order valence-corrected chi connectivity index (χ3v) is 4.87. The summed E-state index contributed by atoms with van der Waals surface area (Å²) in [4.78, 5) is 14.9. The maximum atomic E-state index is 12.6. The molecule has 6 nitrogen and oxygen atoms in total. The first-order valence-corrected chi connectivity index (χ1v) is 7.67. The SMILES string of the molecule is COc1ccc(C(=O)[NH+]([O-])C2CN3CCC2CC3)c(OC)c1. The lowest BCUT2D eigenvalue weighted by Gasteiger charge is -2.47. The van der Waals surface area contributed by atoms with Crippen LogP contribution in [0, 0.1) is 11.1 Å². The van der Waals surface area contributed by atoms with E-state index >= 15 is 0 Å². The minimum atomic E-state index is -0.446. The van der Waals surface area contributed by atoms with Crippen LogP contribution >= 0.6 is 0 Å². The van der Waals surface area contributed by atoms with Crippen molar-refractivity contribution in [2.45, 2.75) is 18.9 Å². The van der Waals surface area contributed by atoms with Gasteiger partial charge >= 0.3 is 5.91 Å². The second-order valence-electron chi connectivity index (χ2n) is 6.00. The second-order valence-corrected chi connectivity index (χ2v) is 6.00. The molecule has 0 aliphatic carbocycles. The van der Waals surface area contributed by atoms with Crippen molar-refractivity contribution in [3.05, 3.63) is 29.0 Å². The number of piperidine rings is 3. The molecular formula is C16H22N2O4. The Kier molecular flexibility index (Phi) is 4.33. The lowest BCUT2D eigenvalue weighted by atomic mass is 9.83. The molecule has 2 bridgehead atoms. The fraction of sp³-hybridized carbons (Fsp3) is 0.562. The summed E-state index contributed by atoms with van der Waals surface area (Å²) in [5, 5.41) is 12.4. The Bertz CT molecular complexity index is 555. The van der Waals surface area contributed by atoms with E-state index in [4.69, 9.17) is 9.47 Å². The Morgan fingerprint density at radius 2 is 2.00 bits per heavy atom. The highest BCUT2D eigenvalue weighted by Gasteiger charge is 2.40. The lowest BCUT2D eigenvalue weighted by Crippen LogP contribution is -3.16. The zero-order valence-corrected chi connectivity index (χ0v) is 13.0. The van der Waals surface area contributed by atoms with E-state index in [0.29, 0.717) is 29.5 Å². The Labute approximate surface area is 130 Å². The summed E-state index contributed by atoms with van der Waals surface area (Å²) in [6.07, 6.45) is 2.03. The number of carbonyl (C=O) groups is 1. The van der Waals surface area contributed by atoms with Crippen LogP contribution in [0.15, 0.2) is 18.2 Å². The van der Waals surface area contributed by atoms with Gasteiger partial charge in [0.05, 0.1) is 20.8 Å².